The number of aromatic nitrogens is 1. The van der Waals surface area contributed by atoms with Gasteiger partial charge in [0.1, 0.15) is 6.26 Å². The molecule has 0 radical (unpaired) electrons. The Morgan fingerprint density at radius 2 is 2.64 bits per heavy atom. The Balaban J connectivity index is 1.87. The first kappa shape index (κ1) is 9.21. The monoisotopic (exact) mass is 196 g/mol. The van der Waals surface area contributed by atoms with Gasteiger partial charge < -0.3 is 9.63 Å². The van der Waals surface area contributed by atoms with Crippen molar-refractivity contribution in [1.82, 2.24) is 10.1 Å². The third-order valence-electron chi connectivity index (χ3n) is 2.50. The van der Waals surface area contributed by atoms with Gasteiger partial charge in [0.2, 0.25) is 0 Å². The maximum atomic E-state index is 10.7. The first-order valence-electron chi connectivity index (χ1n) is 4.60. The van der Waals surface area contributed by atoms with Crippen LogP contribution in [0.3, 0.4) is 0 Å². The van der Waals surface area contributed by atoms with Crippen molar-refractivity contribution in [2.75, 3.05) is 13.1 Å². The molecule has 1 N–H and O–H groups in total. The molecule has 0 aliphatic carbocycles. The van der Waals surface area contributed by atoms with Gasteiger partial charge in [-0.2, -0.15) is 0 Å². The zero-order chi connectivity index (χ0) is 9.97. The molecule has 0 bridgehead atoms. The number of carboxylic acid groups (broad SMARTS) is 1. The van der Waals surface area contributed by atoms with Crippen LogP contribution >= 0.6 is 0 Å². The molecule has 1 fully saturated rings. The molecule has 1 aliphatic heterocycles. The summed E-state index contributed by atoms with van der Waals surface area (Å²) in [5.74, 6) is -0.922. The van der Waals surface area contributed by atoms with E-state index in [1.807, 2.05) is 0 Å². The van der Waals surface area contributed by atoms with E-state index in [4.69, 9.17) is 9.63 Å². The summed E-state index contributed by atoms with van der Waals surface area (Å²) < 4.78 is 4.71. The normalized spacial score (nSPS) is 22.7. The van der Waals surface area contributed by atoms with Gasteiger partial charge >= 0.3 is 5.97 Å². The van der Waals surface area contributed by atoms with Crippen molar-refractivity contribution in [1.29, 1.82) is 0 Å². The molecule has 1 aliphatic rings. The summed E-state index contributed by atoms with van der Waals surface area (Å²) in [6.45, 7) is 2.12. The van der Waals surface area contributed by atoms with Crippen molar-refractivity contribution >= 4 is 5.97 Å². The second kappa shape index (κ2) is 3.79. The summed E-state index contributed by atoms with van der Waals surface area (Å²) in [6, 6.07) is 1.80. The molecule has 1 unspecified atom stereocenters. The molecule has 1 saturated heterocycles. The van der Waals surface area contributed by atoms with Crippen molar-refractivity contribution in [3.8, 4) is 0 Å². The molecular weight excluding hydrogens is 184 g/mol. The van der Waals surface area contributed by atoms with E-state index in [-0.39, 0.29) is 5.92 Å². The molecule has 1 aromatic heterocycles. The van der Waals surface area contributed by atoms with Crippen LogP contribution in [-0.2, 0) is 11.3 Å². The van der Waals surface area contributed by atoms with Crippen LogP contribution in [0.4, 0.5) is 0 Å². The van der Waals surface area contributed by atoms with E-state index in [1.54, 1.807) is 6.07 Å². The summed E-state index contributed by atoms with van der Waals surface area (Å²) in [5.41, 5.74) is 0.857. The number of rotatable bonds is 3. The van der Waals surface area contributed by atoms with Gasteiger partial charge in [-0.05, 0) is 13.0 Å². The van der Waals surface area contributed by atoms with Gasteiger partial charge in [0, 0.05) is 19.2 Å². The van der Waals surface area contributed by atoms with E-state index in [0.717, 1.165) is 18.7 Å². The number of aliphatic carboxylic acids is 1. The van der Waals surface area contributed by atoms with Crippen molar-refractivity contribution in [2.24, 2.45) is 5.92 Å². The summed E-state index contributed by atoms with van der Waals surface area (Å²) in [7, 11) is 0. The predicted molar refractivity (Wildman–Crippen MR) is 47.5 cm³/mol. The van der Waals surface area contributed by atoms with E-state index in [0.29, 0.717) is 13.1 Å². The predicted octanol–water partition coefficient (Wildman–Crippen LogP) is 0.581. The molecule has 0 amide bonds. The van der Waals surface area contributed by atoms with Crippen LogP contribution in [0.25, 0.3) is 0 Å². The molecule has 0 saturated carbocycles. The average molecular weight is 196 g/mol. The lowest BCUT2D eigenvalue weighted by atomic mass is 10.1. The van der Waals surface area contributed by atoms with Crippen LogP contribution in [0, 0.1) is 5.92 Å². The van der Waals surface area contributed by atoms with Crippen molar-refractivity contribution in [3.63, 3.8) is 0 Å². The van der Waals surface area contributed by atoms with Gasteiger partial charge in [0.15, 0.2) is 0 Å². The molecular formula is C9H12N2O3. The second-order valence-corrected chi connectivity index (χ2v) is 3.55. The fourth-order valence-corrected chi connectivity index (χ4v) is 1.73. The molecule has 14 heavy (non-hydrogen) atoms. The molecule has 0 spiro atoms. The van der Waals surface area contributed by atoms with E-state index in [1.165, 1.54) is 6.26 Å². The van der Waals surface area contributed by atoms with Gasteiger partial charge in [-0.1, -0.05) is 5.16 Å². The van der Waals surface area contributed by atoms with Gasteiger partial charge in [-0.25, -0.2) is 0 Å². The third kappa shape index (κ3) is 1.93. The minimum atomic E-state index is -0.701. The lowest BCUT2D eigenvalue weighted by molar-refractivity contribution is -0.141. The highest BCUT2D eigenvalue weighted by Gasteiger charge is 2.27. The van der Waals surface area contributed by atoms with Crippen LogP contribution in [0.5, 0.6) is 0 Å². The van der Waals surface area contributed by atoms with Gasteiger partial charge in [0.25, 0.3) is 0 Å². The van der Waals surface area contributed by atoms with Crippen molar-refractivity contribution < 1.29 is 14.4 Å². The number of carboxylic acids is 1. The van der Waals surface area contributed by atoms with Crippen molar-refractivity contribution in [2.45, 2.75) is 13.0 Å². The maximum absolute atomic E-state index is 10.7. The van der Waals surface area contributed by atoms with Crippen LogP contribution in [0.1, 0.15) is 12.1 Å². The standard InChI is InChI=1S/C9H12N2O3/c12-9(13)7-1-3-11(5-7)6-8-2-4-14-10-8/h2,4,7H,1,3,5-6H2,(H,12,13). The van der Waals surface area contributed by atoms with Crippen molar-refractivity contribution in [3.05, 3.63) is 18.0 Å². The molecule has 5 nitrogen and oxygen atoms in total. The van der Waals surface area contributed by atoms with Crippen LogP contribution in [0.15, 0.2) is 16.9 Å². The average Bonchev–Trinajstić information content (AvgIpc) is 2.75. The smallest absolute Gasteiger partial charge is 0.307 e. The molecule has 5 heteroatoms. The van der Waals surface area contributed by atoms with Gasteiger partial charge in [-0.3, -0.25) is 9.69 Å². The Kier molecular flexibility index (Phi) is 2.49. The summed E-state index contributed by atoms with van der Waals surface area (Å²) in [6.07, 6.45) is 2.26. The molecule has 2 rings (SSSR count). The topological polar surface area (TPSA) is 66.6 Å². The fraction of sp³-hybridized carbons (Fsp3) is 0.556. The molecule has 1 aromatic rings. The third-order valence-corrected chi connectivity index (χ3v) is 2.50. The Morgan fingerprint density at radius 1 is 1.79 bits per heavy atom. The van der Waals surface area contributed by atoms with E-state index in [9.17, 15) is 4.79 Å². The minimum absolute atomic E-state index is 0.220. The first-order chi connectivity index (χ1) is 6.75. The summed E-state index contributed by atoms with van der Waals surface area (Å²) >= 11 is 0. The zero-order valence-corrected chi connectivity index (χ0v) is 7.72. The molecule has 76 valence electrons. The second-order valence-electron chi connectivity index (χ2n) is 3.55. The zero-order valence-electron chi connectivity index (χ0n) is 7.72. The number of carbonyl (C=O) groups is 1. The maximum Gasteiger partial charge on any atom is 0.307 e. The summed E-state index contributed by atoms with van der Waals surface area (Å²) in [4.78, 5) is 12.8. The SMILES string of the molecule is O=C(O)C1CCN(Cc2ccon2)C1. The first-order valence-corrected chi connectivity index (χ1v) is 4.60. The molecule has 0 aromatic carbocycles. The number of hydrogen-bond donors (Lipinski definition) is 1. The Labute approximate surface area is 81.3 Å². The van der Waals surface area contributed by atoms with Gasteiger partial charge in [0.05, 0.1) is 11.6 Å². The lowest BCUT2D eigenvalue weighted by Crippen LogP contribution is -2.22. The van der Waals surface area contributed by atoms with E-state index < -0.39 is 5.97 Å². The van der Waals surface area contributed by atoms with E-state index in [2.05, 4.69) is 10.1 Å². The Hall–Kier alpha value is -1.36. The van der Waals surface area contributed by atoms with E-state index >= 15 is 0 Å². The quantitative estimate of drug-likeness (QED) is 0.766. The molecule has 2 heterocycles. The largest absolute Gasteiger partial charge is 0.481 e. The van der Waals surface area contributed by atoms with Crippen LogP contribution in [0.2, 0.25) is 0 Å². The number of nitrogens with zero attached hydrogens (tertiary/aromatic N) is 2. The van der Waals surface area contributed by atoms with Crippen LogP contribution < -0.4 is 0 Å². The number of hydrogen-bond acceptors (Lipinski definition) is 4. The van der Waals surface area contributed by atoms with Gasteiger partial charge in [-0.15, -0.1) is 0 Å². The highest BCUT2D eigenvalue weighted by molar-refractivity contribution is 5.70. The Bertz CT molecular complexity index is 310. The highest BCUT2D eigenvalue weighted by Crippen LogP contribution is 2.17. The minimum Gasteiger partial charge on any atom is -0.481 e. The Morgan fingerprint density at radius 3 is 3.21 bits per heavy atom. The summed E-state index contributed by atoms with van der Waals surface area (Å²) in [5, 5.41) is 12.6. The number of likely N-dealkylation sites (tertiary alicyclic amines) is 1. The molecule has 1 atom stereocenters. The lowest BCUT2D eigenvalue weighted by Gasteiger charge is -2.12. The van der Waals surface area contributed by atoms with Crippen LogP contribution in [-0.4, -0.2) is 34.2 Å². The highest BCUT2D eigenvalue weighted by atomic mass is 16.5. The fourth-order valence-electron chi connectivity index (χ4n) is 1.73.